The summed E-state index contributed by atoms with van der Waals surface area (Å²) >= 11 is 11.8. The average molecular weight is 397 g/mol. The van der Waals surface area contributed by atoms with E-state index in [0.717, 1.165) is 0 Å². The smallest absolute Gasteiger partial charge is 0.197 e. The molecule has 0 bridgehead atoms. The third kappa shape index (κ3) is 2.74. The van der Waals surface area contributed by atoms with Gasteiger partial charge in [-0.25, -0.2) is 0 Å². The molecule has 0 heterocycles. The highest BCUT2D eigenvalue weighted by Gasteiger charge is 2.33. The Balaban J connectivity index is 1.66. The van der Waals surface area contributed by atoms with Gasteiger partial charge in [-0.05, 0) is 48.6 Å². The van der Waals surface area contributed by atoms with Crippen molar-refractivity contribution < 1.29 is 19.5 Å². The molecule has 0 spiro atoms. The molecule has 6 heteroatoms. The van der Waals surface area contributed by atoms with Crippen LogP contribution in [0.4, 0.5) is 0 Å². The summed E-state index contributed by atoms with van der Waals surface area (Å²) in [6.45, 7) is 0. The minimum absolute atomic E-state index is 0.0189. The number of allylic oxidation sites excluding steroid dienone is 5. The standard InChI is InChI=1S/C21H10Cl2O4/c22-10-4-6-12-16(8-10)20(26)14(18(12)24)2-1-3-15-19(25)13-7-5-11(23)9-17(13)21(15)27/h1-9,26H/b2-1+,15-3-. The molecule has 27 heavy (non-hydrogen) atoms. The summed E-state index contributed by atoms with van der Waals surface area (Å²) in [5.41, 5.74) is 1.31. The van der Waals surface area contributed by atoms with Gasteiger partial charge in [0.15, 0.2) is 17.3 Å². The number of rotatable bonds is 2. The molecule has 0 aliphatic heterocycles. The predicted octanol–water partition coefficient (Wildman–Crippen LogP) is 5.02. The fraction of sp³-hybridized carbons (Fsp3) is 0. The van der Waals surface area contributed by atoms with Crippen molar-refractivity contribution in [2.75, 3.05) is 0 Å². The van der Waals surface area contributed by atoms with Gasteiger partial charge in [0.2, 0.25) is 0 Å². The van der Waals surface area contributed by atoms with Gasteiger partial charge in [0, 0.05) is 32.3 Å². The van der Waals surface area contributed by atoms with Crippen molar-refractivity contribution in [2.24, 2.45) is 0 Å². The van der Waals surface area contributed by atoms with Gasteiger partial charge >= 0.3 is 0 Å². The molecule has 2 aromatic carbocycles. The highest BCUT2D eigenvalue weighted by Crippen LogP contribution is 2.34. The maximum Gasteiger partial charge on any atom is 0.197 e. The summed E-state index contributed by atoms with van der Waals surface area (Å²) in [5, 5.41) is 11.1. The fourth-order valence-corrected chi connectivity index (χ4v) is 3.49. The molecule has 0 saturated heterocycles. The van der Waals surface area contributed by atoms with E-state index in [2.05, 4.69) is 0 Å². The van der Waals surface area contributed by atoms with Gasteiger partial charge < -0.3 is 5.11 Å². The second kappa shape index (κ2) is 6.34. The van der Waals surface area contributed by atoms with Crippen molar-refractivity contribution in [3.8, 4) is 0 Å². The first-order chi connectivity index (χ1) is 12.9. The molecule has 1 N–H and O–H groups in total. The van der Waals surface area contributed by atoms with Gasteiger partial charge in [-0.15, -0.1) is 0 Å². The summed E-state index contributed by atoms with van der Waals surface area (Å²) in [6, 6.07) is 9.13. The molecule has 132 valence electrons. The van der Waals surface area contributed by atoms with Crippen LogP contribution in [0.2, 0.25) is 10.0 Å². The first-order valence-corrected chi connectivity index (χ1v) is 8.69. The van der Waals surface area contributed by atoms with Gasteiger partial charge in [-0.3, -0.25) is 14.4 Å². The van der Waals surface area contributed by atoms with Gasteiger partial charge in [-0.1, -0.05) is 29.3 Å². The van der Waals surface area contributed by atoms with E-state index in [4.69, 9.17) is 23.2 Å². The van der Waals surface area contributed by atoms with Crippen LogP contribution in [0.3, 0.4) is 0 Å². The number of carbonyl (C=O) groups excluding carboxylic acids is 3. The van der Waals surface area contributed by atoms with Crippen LogP contribution in [-0.4, -0.2) is 22.5 Å². The van der Waals surface area contributed by atoms with Crippen molar-refractivity contribution in [2.45, 2.75) is 0 Å². The highest BCUT2D eigenvalue weighted by atomic mass is 35.5. The van der Waals surface area contributed by atoms with E-state index >= 15 is 0 Å². The van der Waals surface area contributed by atoms with Crippen LogP contribution in [0.1, 0.15) is 36.6 Å². The Morgan fingerprint density at radius 3 is 1.96 bits per heavy atom. The summed E-state index contributed by atoms with van der Waals surface area (Å²) < 4.78 is 0. The minimum Gasteiger partial charge on any atom is -0.507 e. The van der Waals surface area contributed by atoms with Gasteiger partial charge in [-0.2, -0.15) is 0 Å². The number of halogens is 2. The average Bonchev–Trinajstić information content (AvgIpc) is 3.01. The largest absolute Gasteiger partial charge is 0.507 e. The number of aliphatic hydroxyl groups excluding tert-OH is 1. The van der Waals surface area contributed by atoms with Crippen molar-refractivity contribution in [1.82, 2.24) is 0 Å². The van der Waals surface area contributed by atoms with Gasteiger partial charge in [0.05, 0.1) is 11.1 Å². The molecule has 2 aromatic rings. The normalized spacial score (nSPS) is 17.4. The number of carbonyl (C=O) groups is 3. The van der Waals surface area contributed by atoms with Crippen LogP contribution in [-0.2, 0) is 0 Å². The lowest BCUT2D eigenvalue weighted by Gasteiger charge is -1.98. The van der Waals surface area contributed by atoms with Crippen LogP contribution in [0.25, 0.3) is 5.76 Å². The zero-order valence-corrected chi connectivity index (χ0v) is 15.1. The summed E-state index contributed by atoms with van der Waals surface area (Å²) in [5.74, 6) is -1.37. The second-order valence-corrected chi connectivity index (χ2v) is 6.94. The first kappa shape index (κ1) is 17.5. The SMILES string of the molecule is O=C1C(/C=C/C=C2/C(=O)c3ccc(Cl)cc3C2=O)=C(O)c2cc(Cl)ccc21. The Labute approximate surface area is 164 Å². The lowest BCUT2D eigenvalue weighted by molar-refractivity contribution is 0.0986. The van der Waals surface area contributed by atoms with E-state index in [9.17, 15) is 19.5 Å². The van der Waals surface area contributed by atoms with E-state index in [1.807, 2.05) is 0 Å². The molecule has 0 fully saturated rings. The number of hydrogen-bond acceptors (Lipinski definition) is 4. The molecule has 2 aliphatic rings. The number of hydrogen-bond donors (Lipinski definition) is 1. The lowest BCUT2D eigenvalue weighted by Crippen LogP contribution is -2.00. The molecule has 0 radical (unpaired) electrons. The summed E-state index contributed by atoms with van der Waals surface area (Å²) in [6.07, 6.45) is 4.10. The molecule has 0 amide bonds. The predicted molar refractivity (Wildman–Crippen MR) is 103 cm³/mol. The molecular formula is C21H10Cl2O4. The topological polar surface area (TPSA) is 71.4 Å². The number of Topliss-reactive ketones (excluding diaryl/α,β-unsaturated/α-hetero) is 3. The van der Waals surface area contributed by atoms with Crippen LogP contribution < -0.4 is 0 Å². The third-order valence-corrected chi connectivity index (χ3v) is 4.94. The molecule has 0 saturated carbocycles. The zero-order chi connectivity index (χ0) is 19.3. The Morgan fingerprint density at radius 2 is 1.30 bits per heavy atom. The number of benzene rings is 2. The van der Waals surface area contributed by atoms with Crippen molar-refractivity contribution >= 4 is 46.3 Å². The molecule has 0 unspecified atom stereocenters. The van der Waals surface area contributed by atoms with E-state index in [1.165, 1.54) is 36.4 Å². The Hall–Kier alpha value is -2.95. The summed E-state index contributed by atoms with van der Waals surface area (Å²) in [4.78, 5) is 37.2. The van der Waals surface area contributed by atoms with E-state index < -0.39 is 11.6 Å². The molecule has 2 aliphatic carbocycles. The van der Waals surface area contributed by atoms with Gasteiger partial charge in [0.25, 0.3) is 0 Å². The lowest BCUT2D eigenvalue weighted by atomic mass is 10.1. The summed E-state index contributed by atoms with van der Waals surface area (Å²) in [7, 11) is 0. The number of fused-ring (bicyclic) bond motifs is 2. The molecule has 4 nitrogen and oxygen atoms in total. The maximum absolute atomic E-state index is 12.4. The van der Waals surface area contributed by atoms with Crippen molar-refractivity contribution in [3.63, 3.8) is 0 Å². The van der Waals surface area contributed by atoms with Crippen LogP contribution in [0.15, 0.2) is 65.8 Å². The van der Waals surface area contributed by atoms with Crippen LogP contribution >= 0.6 is 23.2 Å². The highest BCUT2D eigenvalue weighted by molar-refractivity contribution is 6.40. The number of aliphatic hydroxyl groups is 1. The van der Waals surface area contributed by atoms with E-state index in [0.29, 0.717) is 26.7 Å². The molecule has 4 rings (SSSR count). The van der Waals surface area contributed by atoms with E-state index in [-0.39, 0.29) is 28.3 Å². The van der Waals surface area contributed by atoms with Crippen LogP contribution in [0.5, 0.6) is 0 Å². The second-order valence-electron chi connectivity index (χ2n) is 6.07. The Bertz CT molecular complexity index is 1150. The zero-order valence-electron chi connectivity index (χ0n) is 13.6. The van der Waals surface area contributed by atoms with Gasteiger partial charge in [0.1, 0.15) is 5.76 Å². The fourth-order valence-electron chi connectivity index (χ4n) is 3.15. The van der Waals surface area contributed by atoms with Crippen molar-refractivity contribution in [3.05, 3.63) is 98.1 Å². The number of ketones is 3. The monoisotopic (exact) mass is 396 g/mol. The molecule has 0 atom stereocenters. The Kier molecular flexibility index (Phi) is 4.10. The molecule has 0 aromatic heterocycles. The Morgan fingerprint density at radius 1 is 0.741 bits per heavy atom. The molecular weight excluding hydrogens is 387 g/mol. The van der Waals surface area contributed by atoms with Crippen molar-refractivity contribution in [1.29, 1.82) is 0 Å². The maximum atomic E-state index is 12.4. The minimum atomic E-state index is -0.423. The van der Waals surface area contributed by atoms with E-state index in [1.54, 1.807) is 18.2 Å². The van der Waals surface area contributed by atoms with Crippen LogP contribution in [0, 0.1) is 0 Å². The third-order valence-electron chi connectivity index (χ3n) is 4.47. The quantitative estimate of drug-likeness (QED) is 0.571. The first-order valence-electron chi connectivity index (χ1n) is 7.93.